The number of rotatable bonds is 5. The molecule has 0 radical (unpaired) electrons. The van der Waals surface area contributed by atoms with Gasteiger partial charge in [-0.3, -0.25) is 4.79 Å². The minimum absolute atomic E-state index is 0.0587. The molecule has 1 amide bonds. The smallest absolute Gasteiger partial charge is 0.326 e. The molecule has 0 aliphatic carbocycles. The van der Waals surface area contributed by atoms with Crippen molar-refractivity contribution in [2.24, 2.45) is 0 Å². The Balaban J connectivity index is 1.46. The first-order valence-electron chi connectivity index (χ1n) is 9.31. The van der Waals surface area contributed by atoms with Crippen molar-refractivity contribution in [1.29, 1.82) is 0 Å². The number of hydrogen-bond donors (Lipinski definition) is 1. The number of amides is 1. The van der Waals surface area contributed by atoms with Gasteiger partial charge in [-0.1, -0.05) is 36.4 Å². The lowest BCUT2D eigenvalue weighted by Crippen LogP contribution is -2.48. The molecule has 0 bridgehead atoms. The molecule has 0 fully saturated rings. The summed E-state index contributed by atoms with van der Waals surface area (Å²) in [5, 5.41) is 9.56. The zero-order valence-corrected chi connectivity index (χ0v) is 15.5. The first kappa shape index (κ1) is 18.9. The third-order valence-corrected chi connectivity index (χ3v) is 5.10. The lowest BCUT2D eigenvalue weighted by molar-refractivity contribution is -0.151. The van der Waals surface area contributed by atoms with Crippen molar-refractivity contribution in [3.8, 4) is 11.3 Å². The fourth-order valence-electron chi connectivity index (χ4n) is 3.57. The molecule has 1 aromatic heterocycles. The van der Waals surface area contributed by atoms with Crippen LogP contribution in [0, 0.1) is 5.82 Å². The lowest BCUT2D eigenvalue weighted by Gasteiger charge is -2.34. The number of aliphatic carboxylic acids is 1. The topological polar surface area (TPSA) is 83.6 Å². The van der Waals surface area contributed by atoms with Crippen LogP contribution >= 0.6 is 0 Å². The molecule has 2 aromatic carbocycles. The zero-order valence-electron chi connectivity index (χ0n) is 15.5. The molecule has 6 nitrogen and oxygen atoms in total. The van der Waals surface area contributed by atoms with E-state index in [4.69, 9.17) is 4.42 Å². The third kappa shape index (κ3) is 3.89. The molecular formula is C22H19FN2O4. The van der Waals surface area contributed by atoms with Gasteiger partial charge in [-0.15, -0.1) is 0 Å². The average molecular weight is 394 g/mol. The summed E-state index contributed by atoms with van der Waals surface area (Å²) in [5.74, 6) is -1.12. The number of aromatic nitrogens is 1. The molecule has 1 atom stereocenters. The summed E-state index contributed by atoms with van der Waals surface area (Å²) in [5.41, 5.74) is 2.21. The summed E-state index contributed by atoms with van der Waals surface area (Å²) in [6, 6.07) is 12.9. The molecule has 29 heavy (non-hydrogen) atoms. The second-order valence-corrected chi connectivity index (χ2v) is 6.95. The predicted molar refractivity (Wildman–Crippen MR) is 102 cm³/mol. The van der Waals surface area contributed by atoms with Gasteiger partial charge < -0.3 is 14.4 Å². The summed E-state index contributed by atoms with van der Waals surface area (Å²) in [7, 11) is 0. The van der Waals surface area contributed by atoms with Crippen molar-refractivity contribution >= 4 is 11.9 Å². The average Bonchev–Trinajstić information content (AvgIpc) is 3.20. The van der Waals surface area contributed by atoms with Crippen molar-refractivity contribution in [2.45, 2.75) is 31.8 Å². The molecule has 2 heterocycles. The van der Waals surface area contributed by atoms with Gasteiger partial charge in [0.2, 0.25) is 5.91 Å². The van der Waals surface area contributed by atoms with Crippen LogP contribution in [0.15, 0.2) is 59.1 Å². The molecule has 0 spiro atoms. The Morgan fingerprint density at radius 3 is 2.62 bits per heavy atom. The van der Waals surface area contributed by atoms with E-state index in [0.717, 1.165) is 11.1 Å². The Labute approximate surface area is 166 Å². The molecule has 0 saturated carbocycles. The van der Waals surface area contributed by atoms with Crippen molar-refractivity contribution < 1.29 is 23.5 Å². The van der Waals surface area contributed by atoms with Crippen LogP contribution < -0.4 is 0 Å². The minimum atomic E-state index is -1.02. The molecule has 1 N–H and O–H groups in total. The monoisotopic (exact) mass is 394 g/mol. The third-order valence-electron chi connectivity index (χ3n) is 5.10. The SMILES string of the molecule is O=C(O)[C@@H]1Cc2ccccc2CN1C(=O)CCc1ncc(-c2ccccc2F)o1. The Morgan fingerprint density at radius 2 is 1.86 bits per heavy atom. The quantitative estimate of drug-likeness (QED) is 0.717. The Bertz CT molecular complexity index is 1060. The molecule has 4 rings (SSSR count). The highest BCUT2D eigenvalue weighted by Crippen LogP contribution is 2.26. The van der Waals surface area contributed by atoms with Crippen LogP contribution in [0.1, 0.15) is 23.4 Å². The first-order valence-corrected chi connectivity index (χ1v) is 9.31. The molecule has 0 saturated heterocycles. The van der Waals surface area contributed by atoms with E-state index in [0.29, 0.717) is 17.2 Å². The van der Waals surface area contributed by atoms with Crippen LogP contribution in [0.2, 0.25) is 0 Å². The van der Waals surface area contributed by atoms with E-state index in [9.17, 15) is 19.1 Å². The Hall–Kier alpha value is -3.48. The van der Waals surface area contributed by atoms with E-state index < -0.39 is 17.8 Å². The molecular weight excluding hydrogens is 375 g/mol. The second-order valence-electron chi connectivity index (χ2n) is 6.95. The number of carbonyl (C=O) groups excluding carboxylic acids is 1. The van der Waals surface area contributed by atoms with Gasteiger partial charge in [0.05, 0.1) is 11.8 Å². The number of oxazole rings is 1. The van der Waals surface area contributed by atoms with Gasteiger partial charge in [0, 0.05) is 25.8 Å². The maximum atomic E-state index is 13.9. The second kappa shape index (κ2) is 7.87. The Kier molecular flexibility index (Phi) is 5.12. The van der Waals surface area contributed by atoms with Crippen LogP contribution in [-0.2, 0) is 29.0 Å². The number of carbonyl (C=O) groups is 2. The van der Waals surface area contributed by atoms with Crippen molar-refractivity contribution in [1.82, 2.24) is 9.88 Å². The summed E-state index contributed by atoms with van der Waals surface area (Å²) in [4.78, 5) is 30.0. The standard InChI is InChI=1S/C22H19FN2O4/c23-17-8-4-3-7-16(17)19-12-24-20(29-19)9-10-21(26)25-13-15-6-2-1-5-14(15)11-18(25)22(27)28/h1-8,12,18H,9-11,13H2,(H,27,28)/t18-/m0/s1. The van der Waals surface area contributed by atoms with Gasteiger partial charge in [-0.25, -0.2) is 14.2 Å². The van der Waals surface area contributed by atoms with E-state index in [-0.39, 0.29) is 31.7 Å². The van der Waals surface area contributed by atoms with Gasteiger partial charge in [-0.05, 0) is 23.3 Å². The number of aryl methyl sites for hydroxylation is 1. The highest BCUT2D eigenvalue weighted by molar-refractivity contribution is 5.84. The fourth-order valence-corrected chi connectivity index (χ4v) is 3.57. The lowest BCUT2D eigenvalue weighted by atomic mass is 9.93. The van der Waals surface area contributed by atoms with Gasteiger partial charge in [-0.2, -0.15) is 0 Å². The molecule has 7 heteroatoms. The highest BCUT2D eigenvalue weighted by atomic mass is 19.1. The number of halogens is 1. The molecule has 148 valence electrons. The predicted octanol–water partition coefficient (Wildman–Crippen LogP) is 3.45. The Morgan fingerprint density at radius 1 is 1.14 bits per heavy atom. The summed E-state index contributed by atoms with van der Waals surface area (Å²) < 4.78 is 19.5. The normalized spacial score (nSPS) is 15.8. The largest absolute Gasteiger partial charge is 0.480 e. The van der Waals surface area contributed by atoms with Crippen LogP contribution in [0.25, 0.3) is 11.3 Å². The number of hydrogen-bond acceptors (Lipinski definition) is 4. The van der Waals surface area contributed by atoms with Crippen molar-refractivity contribution in [3.63, 3.8) is 0 Å². The first-order chi connectivity index (χ1) is 14.0. The molecule has 1 aliphatic rings. The van der Waals surface area contributed by atoms with Gasteiger partial charge >= 0.3 is 5.97 Å². The van der Waals surface area contributed by atoms with E-state index in [1.807, 2.05) is 24.3 Å². The maximum absolute atomic E-state index is 13.9. The van der Waals surface area contributed by atoms with Crippen molar-refractivity contribution in [2.75, 3.05) is 0 Å². The van der Waals surface area contributed by atoms with Crippen LogP contribution in [0.4, 0.5) is 4.39 Å². The molecule has 0 unspecified atom stereocenters. The highest BCUT2D eigenvalue weighted by Gasteiger charge is 2.34. The number of fused-ring (bicyclic) bond motifs is 1. The summed E-state index contributed by atoms with van der Waals surface area (Å²) >= 11 is 0. The van der Waals surface area contributed by atoms with Gasteiger partial charge in [0.15, 0.2) is 11.7 Å². The zero-order chi connectivity index (χ0) is 20.4. The van der Waals surface area contributed by atoms with E-state index in [1.165, 1.54) is 17.2 Å². The number of benzene rings is 2. The van der Waals surface area contributed by atoms with E-state index in [2.05, 4.69) is 4.98 Å². The molecule has 3 aromatic rings. The maximum Gasteiger partial charge on any atom is 0.326 e. The van der Waals surface area contributed by atoms with E-state index >= 15 is 0 Å². The van der Waals surface area contributed by atoms with Crippen LogP contribution in [0.3, 0.4) is 0 Å². The molecule has 1 aliphatic heterocycles. The van der Waals surface area contributed by atoms with Crippen molar-refractivity contribution in [3.05, 3.63) is 77.6 Å². The number of carboxylic acids is 1. The summed E-state index contributed by atoms with van der Waals surface area (Å²) in [6.07, 6.45) is 1.98. The summed E-state index contributed by atoms with van der Waals surface area (Å²) in [6.45, 7) is 0.262. The number of nitrogens with zero attached hydrogens (tertiary/aromatic N) is 2. The minimum Gasteiger partial charge on any atom is -0.480 e. The van der Waals surface area contributed by atoms with E-state index in [1.54, 1.807) is 18.2 Å². The van der Waals surface area contributed by atoms with Crippen LogP contribution in [-0.4, -0.2) is 32.9 Å². The van der Waals surface area contributed by atoms with Gasteiger partial charge in [0.1, 0.15) is 11.9 Å². The number of carboxylic acid groups (broad SMARTS) is 1. The van der Waals surface area contributed by atoms with Crippen LogP contribution in [0.5, 0.6) is 0 Å². The fraction of sp³-hybridized carbons (Fsp3) is 0.227. The van der Waals surface area contributed by atoms with Gasteiger partial charge in [0.25, 0.3) is 0 Å².